The maximum Gasteiger partial charge on any atom is 0.178 e. The zero-order valence-corrected chi connectivity index (χ0v) is 24.1. The molecule has 0 aromatic heterocycles. The molecule has 1 saturated heterocycles. The van der Waals surface area contributed by atoms with Crippen LogP contribution >= 0.6 is 0 Å². The van der Waals surface area contributed by atoms with Gasteiger partial charge in [0.05, 0.1) is 0 Å². The summed E-state index contributed by atoms with van der Waals surface area (Å²) < 4.78 is 19.8. The molecule has 9 rings (SSSR count). The Balaban J connectivity index is 1.28. The van der Waals surface area contributed by atoms with Gasteiger partial charge >= 0.3 is 0 Å². The van der Waals surface area contributed by atoms with Gasteiger partial charge in [-0.2, -0.15) is 0 Å². The standard InChI is InChI=1S/C39H33NO3/c1-3-10-27(11-4-1)39(28-13-15-29(16-14-28)40-21-7-2-8-22-40)20-19-32-36-31(17-18-34-38(36)42-24-23-41-34)33-25-26-9-5-6-12-30(26)35(33)37(32)43-39/h1,3-6,9-20H,2,7-8,21-25H2. The number of piperidine rings is 1. The second kappa shape index (κ2) is 9.67. The van der Waals surface area contributed by atoms with Gasteiger partial charge in [-0.25, -0.2) is 0 Å². The summed E-state index contributed by atoms with van der Waals surface area (Å²) in [4.78, 5) is 2.51. The van der Waals surface area contributed by atoms with E-state index in [1.165, 1.54) is 52.6 Å². The van der Waals surface area contributed by atoms with Crippen molar-refractivity contribution in [1.29, 1.82) is 0 Å². The maximum absolute atomic E-state index is 7.48. The Labute approximate surface area is 252 Å². The first-order valence-electron chi connectivity index (χ1n) is 15.6. The quantitative estimate of drug-likeness (QED) is 0.216. The highest BCUT2D eigenvalue weighted by Gasteiger charge is 2.41. The third-order valence-corrected chi connectivity index (χ3v) is 9.70. The van der Waals surface area contributed by atoms with Crippen LogP contribution in [0.1, 0.15) is 47.1 Å². The maximum atomic E-state index is 7.48. The van der Waals surface area contributed by atoms with Gasteiger partial charge in [0, 0.05) is 46.4 Å². The van der Waals surface area contributed by atoms with Crippen molar-refractivity contribution in [3.63, 3.8) is 0 Å². The van der Waals surface area contributed by atoms with E-state index in [9.17, 15) is 0 Å². The Hall–Kier alpha value is -4.70. The van der Waals surface area contributed by atoms with Crippen molar-refractivity contribution in [3.05, 3.63) is 125 Å². The molecule has 43 heavy (non-hydrogen) atoms. The highest BCUT2D eigenvalue weighted by Crippen LogP contribution is 2.56. The van der Waals surface area contributed by atoms with Gasteiger partial charge in [0.15, 0.2) is 17.1 Å². The number of hydrogen-bond donors (Lipinski definition) is 0. The van der Waals surface area contributed by atoms with Gasteiger partial charge in [0.25, 0.3) is 0 Å². The van der Waals surface area contributed by atoms with Crippen LogP contribution in [-0.2, 0) is 12.0 Å². The molecular formula is C39H33NO3. The minimum Gasteiger partial charge on any atom is -0.486 e. The molecule has 0 saturated carbocycles. The molecule has 4 aliphatic rings. The Morgan fingerprint density at radius 1 is 0.674 bits per heavy atom. The highest BCUT2D eigenvalue weighted by atomic mass is 16.6. The van der Waals surface area contributed by atoms with E-state index in [2.05, 4.69) is 108 Å². The summed E-state index contributed by atoms with van der Waals surface area (Å²) in [5.74, 6) is 2.55. The molecule has 4 nitrogen and oxygen atoms in total. The lowest BCUT2D eigenvalue weighted by molar-refractivity contribution is 0.161. The molecule has 1 fully saturated rings. The lowest BCUT2D eigenvalue weighted by atomic mass is 9.81. The van der Waals surface area contributed by atoms with E-state index in [0.29, 0.717) is 13.2 Å². The lowest BCUT2D eigenvalue weighted by Gasteiger charge is -2.38. The molecule has 0 bridgehead atoms. The summed E-state index contributed by atoms with van der Waals surface area (Å²) in [5.41, 5.74) is 8.88. The van der Waals surface area contributed by atoms with Crippen molar-refractivity contribution in [2.75, 3.05) is 31.2 Å². The van der Waals surface area contributed by atoms with Gasteiger partial charge in [0.1, 0.15) is 19.0 Å². The number of anilines is 1. The van der Waals surface area contributed by atoms with E-state index in [1.807, 2.05) is 0 Å². The summed E-state index contributed by atoms with van der Waals surface area (Å²) in [6, 6.07) is 32.8. The summed E-state index contributed by atoms with van der Waals surface area (Å²) in [6.07, 6.45) is 9.23. The van der Waals surface area contributed by atoms with E-state index in [4.69, 9.17) is 14.2 Å². The zero-order chi connectivity index (χ0) is 28.4. The van der Waals surface area contributed by atoms with Crippen molar-refractivity contribution < 1.29 is 14.2 Å². The molecule has 0 N–H and O–H groups in total. The molecule has 212 valence electrons. The van der Waals surface area contributed by atoms with Gasteiger partial charge < -0.3 is 19.1 Å². The number of ether oxygens (including phenoxy) is 3. The Morgan fingerprint density at radius 2 is 1.44 bits per heavy atom. The van der Waals surface area contributed by atoms with E-state index in [-0.39, 0.29) is 0 Å². The third kappa shape index (κ3) is 3.75. The van der Waals surface area contributed by atoms with E-state index in [0.717, 1.165) is 58.8 Å². The first-order valence-corrected chi connectivity index (χ1v) is 15.6. The van der Waals surface area contributed by atoms with Gasteiger partial charge in [-0.05, 0) is 78.1 Å². The van der Waals surface area contributed by atoms with E-state index < -0.39 is 5.60 Å². The molecule has 5 aromatic carbocycles. The molecule has 3 aliphatic heterocycles. The topological polar surface area (TPSA) is 30.9 Å². The van der Waals surface area contributed by atoms with Crippen LogP contribution in [0.5, 0.6) is 17.2 Å². The zero-order valence-electron chi connectivity index (χ0n) is 24.1. The molecule has 5 aromatic rings. The summed E-state index contributed by atoms with van der Waals surface area (Å²) in [7, 11) is 0. The summed E-state index contributed by atoms with van der Waals surface area (Å²) in [5, 5.41) is 2.29. The average molecular weight is 564 g/mol. The molecule has 1 unspecified atom stereocenters. The first kappa shape index (κ1) is 24.9. The molecule has 0 radical (unpaired) electrons. The number of nitrogens with zero attached hydrogens (tertiary/aromatic N) is 1. The van der Waals surface area contributed by atoms with Gasteiger partial charge in [-0.15, -0.1) is 0 Å². The second-order valence-corrected chi connectivity index (χ2v) is 12.1. The smallest absolute Gasteiger partial charge is 0.178 e. The molecule has 4 heteroatoms. The fourth-order valence-electron chi connectivity index (χ4n) is 7.63. The van der Waals surface area contributed by atoms with Crippen molar-refractivity contribution in [1.82, 2.24) is 0 Å². The van der Waals surface area contributed by atoms with Crippen LogP contribution < -0.4 is 19.1 Å². The van der Waals surface area contributed by atoms with Crippen LogP contribution in [-0.4, -0.2) is 26.3 Å². The fourth-order valence-corrected chi connectivity index (χ4v) is 7.63. The molecule has 3 heterocycles. The average Bonchev–Trinajstić information content (AvgIpc) is 3.49. The molecule has 1 aliphatic carbocycles. The SMILES string of the molecule is C1=CC(c2ccccc2)(c2ccc(N3CCCCC3)cc2)Oc2c3c(c4ccc5c(c4c21)OCCO5)Cc1ccccc1-3. The Kier molecular flexibility index (Phi) is 5.59. The van der Waals surface area contributed by atoms with E-state index >= 15 is 0 Å². The van der Waals surface area contributed by atoms with Crippen LogP contribution in [0.15, 0.2) is 97.1 Å². The number of benzene rings is 5. The largest absolute Gasteiger partial charge is 0.486 e. The lowest BCUT2D eigenvalue weighted by Crippen LogP contribution is -2.35. The normalized spacial score (nSPS) is 19.9. The van der Waals surface area contributed by atoms with Crippen LogP contribution in [0, 0.1) is 0 Å². The molecule has 1 atom stereocenters. The second-order valence-electron chi connectivity index (χ2n) is 12.1. The molecule has 0 amide bonds. The van der Waals surface area contributed by atoms with Gasteiger partial charge in [0.2, 0.25) is 0 Å². The number of hydrogen-bond acceptors (Lipinski definition) is 4. The van der Waals surface area contributed by atoms with Crippen LogP contribution in [0.25, 0.3) is 28.0 Å². The monoisotopic (exact) mass is 563 g/mol. The summed E-state index contributed by atoms with van der Waals surface area (Å²) >= 11 is 0. The fraction of sp³-hybridized carbons (Fsp3) is 0.231. The van der Waals surface area contributed by atoms with Crippen LogP contribution in [0.2, 0.25) is 0 Å². The molecular weight excluding hydrogens is 530 g/mol. The minimum absolute atomic E-state index is 0.542. The molecule has 0 spiro atoms. The summed E-state index contributed by atoms with van der Waals surface area (Å²) in [6.45, 7) is 3.36. The van der Waals surface area contributed by atoms with Crippen molar-refractivity contribution in [3.8, 4) is 28.4 Å². The number of rotatable bonds is 3. The predicted molar refractivity (Wildman–Crippen MR) is 173 cm³/mol. The van der Waals surface area contributed by atoms with Gasteiger partial charge in [-0.1, -0.05) is 72.8 Å². The predicted octanol–water partition coefficient (Wildman–Crippen LogP) is 8.52. The Morgan fingerprint density at radius 3 is 2.30 bits per heavy atom. The first-order chi connectivity index (χ1) is 21.3. The van der Waals surface area contributed by atoms with Crippen molar-refractivity contribution in [2.45, 2.75) is 31.3 Å². The van der Waals surface area contributed by atoms with Gasteiger partial charge in [-0.3, -0.25) is 0 Å². The third-order valence-electron chi connectivity index (χ3n) is 9.70. The van der Waals surface area contributed by atoms with Crippen molar-refractivity contribution >= 4 is 22.5 Å². The number of fused-ring (bicyclic) bond motifs is 10. The van der Waals surface area contributed by atoms with Crippen molar-refractivity contribution in [2.24, 2.45) is 0 Å². The van der Waals surface area contributed by atoms with Crippen LogP contribution in [0.3, 0.4) is 0 Å². The van der Waals surface area contributed by atoms with E-state index in [1.54, 1.807) is 0 Å². The highest BCUT2D eigenvalue weighted by molar-refractivity contribution is 6.08. The Bertz CT molecular complexity index is 1900. The minimum atomic E-state index is -0.778. The van der Waals surface area contributed by atoms with Crippen LogP contribution in [0.4, 0.5) is 5.69 Å².